The maximum Gasteiger partial charge on any atom is 0.328 e. The number of carbonyl (C=O) groups is 2. The zero-order valence-electron chi connectivity index (χ0n) is 13.2. The minimum atomic E-state index is -1.26. The molecule has 134 valence electrons. The van der Waals surface area contributed by atoms with Gasteiger partial charge in [-0.1, -0.05) is 12.1 Å². The number of aliphatic carboxylic acids is 2. The van der Waals surface area contributed by atoms with E-state index in [1.54, 1.807) is 0 Å². The molecule has 0 aromatic heterocycles. The number of fused-ring (bicyclic) bond motifs is 1. The Bertz CT molecular complexity index is 931. The van der Waals surface area contributed by atoms with E-state index < -0.39 is 29.7 Å². The molecule has 2 aromatic rings. The van der Waals surface area contributed by atoms with Crippen molar-refractivity contribution >= 4 is 18.0 Å². The van der Waals surface area contributed by atoms with Crippen LogP contribution in [0.4, 0.5) is 0 Å². The van der Waals surface area contributed by atoms with E-state index in [4.69, 9.17) is 9.84 Å². The monoisotopic (exact) mass is 358 g/mol. The van der Waals surface area contributed by atoms with Crippen LogP contribution in [0.1, 0.15) is 28.7 Å². The largest absolute Gasteiger partial charge is 0.504 e. The summed E-state index contributed by atoms with van der Waals surface area (Å²) < 4.78 is 5.64. The molecule has 5 N–H and O–H groups in total. The number of phenolic OH excluding ortho intramolecular Hbond substituents is 3. The first kappa shape index (κ1) is 17.2. The second-order valence-electron chi connectivity index (χ2n) is 5.69. The Morgan fingerprint density at radius 1 is 0.962 bits per heavy atom. The minimum Gasteiger partial charge on any atom is -0.504 e. The molecule has 3 rings (SSSR count). The Balaban J connectivity index is 2.15. The molecule has 0 radical (unpaired) electrons. The Morgan fingerprint density at radius 2 is 1.65 bits per heavy atom. The van der Waals surface area contributed by atoms with E-state index in [2.05, 4.69) is 0 Å². The summed E-state index contributed by atoms with van der Waals surface area (Å²) in [5.41, 5.74) is 0.683. The average molecular weight is 358 g/mol. The molecule has 0 saturated carbocycles. The molecular formula is C18H14O8. The smallest absolute Gasteiger partial charge is 0.328 e. The predicted molar refractivity (Wildman–Crippen MR) is 88.3 cm³/mol. The molecule has 1 heterocycles. The lowest BCUT2D eigenvalue weighted by Crippen LogP contribution is -2.18. The van der Waals surface area contributed by atoms with E-state index in [1.807, 2.05) is 0 Å². The number of rotatable bonds is 4. The Hall–Kier alpha value is -3.68. The number of phenols is 3. The third kappa shape index (κ3) is 2.88. The molecule has 2 aromatic carbocycles. The van der Waals surface area contributed by atoms with Crippen molar-refractivity contribution < 1.29 is 39.9 Å². The van der Waals surface area contributed by atoms with E-state index in [9.17, 15) is 30.0 Å². The first-order valence-corrected chi connectivity index (χ1v) is 7.47. The molecule has 1 aliphatic rings. The number of hydrogen-bond acceptors (Lipinski definition) is 6. The third-order valence-electron chi connectivity index (χ3n) is 4.07. The number of benzene rings is 2. The summed E-state index contributed by atoms with van der Waals surface area (Å²) in [6.07, 6.45) is 0.987. The lowest BCUT2D eigenvalue weighted by Gasteiger charge is -2.17. The van der Waals surface area contributed by atoms with Crippen LogP contribution in [0.2, 0.25) is 0 Å². The van der Waals surface area contributed by atoms with Crippen LogP contribution in [0.3, 0.4) is 0 Å². The van der Waals surface area contributed by atoms with Crippen LogP contribution in [-0.2, 0) is 9.59 Å². The molecule has 0 fully saturated rings. The fourth-order valence-corrected chi connectivity index (χ4v) is 2.93. The zero-order chi connectivity index (χ0) is 19.0. The molecule has 1 aliphatic heterocycles. The van der Waals surface area contributed by atoms with Crippen molar-refractivity contribution in [3.63, 3.8) is 0 Å². The molecule has 8 heteroatoms. The molecule has 0 bridgehead atoms. The first-order chi connectivity index (χ1) is 12.3. The van der Waals surface area contributed by atoms with E-state index >= 15 is 0 Å². The van der Waals surface area contributed by atoms with Crippen LogP contribution >= 0.6 is 0 Å². The molecule has 0 aliphatic carbocycles. The lowest BCUT2D eigenvalue weighted by atomic mass is 9.88. The Labute approximate surface area is 146 Å². The minimum absolute atomic E-state index is 0.0671. The van der Waals surface area contributed by atoms with E-state index in [0.29, 0.717) is 0 Å². The molecule has 0 spiro atoms. The Kier molecular flexibility index (Phi) is 4.17. The van der Waals surface area contributed by atoms with Crippen molar-refractivity contribution in [2.24, 2.45) is 0 Å². The van der Waals surface area contributed by atoms with Gasteiger partial charge in [0, 0.05) is 11.6 Å². The maximum absolute atomic E-state index is 11.9. The van der Waals surface area contributed by atoms with Crippen LogP contribution in [0.15, 0.2) is 36.4 Å². The summed E-state index contributed by atoms with van der Waals surface area (Å²) in [6, 6.07) is 6.43. The highest BCUT2D eigenvalue weighted by Crippen LogP contribution is 2.52. The number of carboxylic acids is 2. The van der Waals surface area contributed by atoms with Gasteiger partial charge >= 0.3 is 11.9 Å². The standard InChI is InChI=1S/C18H14O8/c19-10-4-2-9(7-12(10)21)16-15(18(24)25)14-8(3-6-13(22)23)1-5-11(20)17(14)26-16/h1-7,15-16,19-21H,(H,22,23)(H,24,25)/t15-,16-/m1/s1. The second-order valence-corrected chi connectivity index (χ2v) is 5.69. The van der Waals surface area contributed by atoms with Crippen LogP contribution in [0, 0.1) is 0 Å². The van der Waals surface area contributed by atoms with E-state index in [-0.39, 0.29) is 33.9 Å². The zero-order valence-corrected chi connectivity index (χ0v) is 13.2. The van der Waals surface area contributed by atoms with Gasteiger partial charge in [0.2, 0.25) is 0 Å². The van der Waals surface area contributed by atoms with Gasteiger partial charge in [-0.05, 0) is 35.4 Å². The lowest BCUT2D eigenvalue weighted by molar-refractivity contribution is -0.140. The van der Waals surface area contributed by atoms with Gasteiger partial charge in [0.05, 0.1) is 0 Å². The maximum atomic E-state index is 11.9. The van der Waals surface area contributed by atoms with Gasteiger partial charge in [-0.3, -0.25) is 4.79 Å². The summed E-state index contributed by atoms with van der Waals surface area (Å²) in [4.78, 5) is 22.7. The molecule has 26 heavy (non-hydrogen) atoms. The molecule has 0 saturated heterocycles. The van der Waals surface area contributed by atoms with Crippen molar-refractivity contribution in [2.45, 2.75) is 12.0 Å². The summed E-state index contributed by atoms with van der Waals surface area (Å²) in [6.45, 7) is 0. The molecule has 0 unspecified atom stereocenters. The normalized spacial score (nSPS) is 18.5. The molecule has 2 atom stereocenters. The fraction of sp³-hybridized carbons (Fsp3) is 0.111. The Morgan fingerprint density at radius 3 is 2.27 bits per heavy atom. The van der Waals surface area contributed by atoms with Crippen molar-refractivity contribution in [1.29, 1.82) is 0 Å². The van der Waals surface area contributed by atoms with Crippen molar-refractivity contribution in [2.75, 3.05) is 0 Å². The first-order valence-electron chi connectivity index (χ1n) is 7.47. The van der Waals surface area contributed by atoms with Crippen LogP contribution in [0.25, 0.3) is 6.08 Å². The topological polar surface area (TPSA) is 145 Å². The number of aromatic hydroxyl groups is 3. The summed E-state index contributed by atoms with van der Waals surface area (Å²) in [7, 11) is 0. The predicted octanol–water partition coefficient (Wildman–Crippen LogP) is 2.20. The van der Waals surface area contributed by atoms with Gasteiger partial charge in [-0.25, -0.2) is 4.79 Å². The summed E-state index contributed by atoms with van der Waals surface area (Å²) in [5, 5.41) is 47.7. The van der Waals surface area contributed by atoms with Crippen LogP contribution in [0.5, 0.6) is 23.0 Å². The van der Waals surface area contributed by atoms with Gasteiger partial charge < -0.3 is 30.3 Å². The average Bonchev–Trinajstić information content (AvgIpc) is 2.98. The second kappa shape index (κ2) is 6.32. The summed E-state index contributed by atoms with van der Waals surface area (Å²) >= 11 is 0. The van der Waals surface area contributed by atoms with Gasteiger partial charge in [0.1, 0.15) is 12.0 Å². The fourth-order valence-electron chi connectivity index (χ4n) is 2.93. The van der Waals surface area contributed by atoms with Gasteiger partial charge in [-0.2, -0.15) is 0 Å². The van der Waals surface area contributed by atoms with E-state index in [0.717, 1.165) is 6.08 Å². The highest BCUT2D eigenvalue weighted by atomic mass is 16.5. The van der Waals surface area contributed by atoms with E-state index in [1.165, 1.54) is 36.4 Å². The number of carboxylic acid groups (broad SMARTS) is 2. The SMILES string of the molecule is O=C(O)C=Cc1ccc(O)c2c1[C@@H](C(=O)O)[C@@H](c1ccc(O)c(O)c1)O2. The van der Waals surface area contributed by atoms with Gasteiger partial charge in [0.15, 0.2) is 23.0 Å². The molecular weight excluding hydrogens is 344 g/mol. The van der Waals surface area contributed by atoms with Gasteiger partial charge in [-0.15, -0.1) is 0 Å². The quantitative estimate of drug-likeness (QED) is 0.413. The van der Waals surface area contributed by atoms with Crippen LogP contribution < -0.4 is 4.74 Å². The van der Waals surface area contributed by atoms with Crippen LogP contribution in [-0.4, -0.2) is 37.5 Å². The number of hydrogen-bond donors (Lipinski definition) is 5. The van der Waals surface area contributed by atoms with Crippen molar-refractivity contribution in [3.05, 3.63) is 53.1 Å². The highest BCUT2D eigenvalue weighted by molar-refractivity contribution is 5.88. The third-order valence-corrected chi connectivity index (χ3v) is 4.07. The van der Waals surface area contributed by atoms with Gasteiger partial charge in [0.25, 0.3) is 0 Å². The number of ether oxygens (including phenoxy) is 1. The highest BCUT2D eigenvalue weighted by Gasteiger charge is 2.43. The molecule has 0 amide bonds. The molecule has 8 nitrogen and oxygen atoms in total. The van der Waals surface area contributed by atoms with Crippen molar-refractivity contribution in [3.8, 4) is 23.0 Å². The summed E-state index contributed by atoms with van der Waals surface area (Å²) in [5.74, 6) is -4.89. The van der Waals surface area contributed by atoms with Crippen molar-refractivity contribution in [1.82, 2.24) is 0 Å².